The summed E-state index contributed by atoms with van der Waals surface area (Å²) in [4.78, 5) is 3.04. The molecule has 15 heavy (non-hydrogen) atoms. The van der Waals surface area contributed by atoms with Crippen molar-refractivity contribution in [2.75, 3.05) is 0 Å². The van der Waals surface area contributed by atoms with Crippen molar-refractivity contribution >= 4 is 0 Å². The fourth-order valence-electron chi connectivity index (χ4n) is 1.79. The minimum absolute atomic E-state index is 0.0775. The van der Waals surface area contributed by atoms with Gasteiger partial charge in [0.15, 0.2) is 0 Å². The minimum Gasteiger partial charge on any atom is -0.390 e. The molecule has 0 atom stereocenters. The van der Waals surface area contributed by atoms with Crippen molar-refractivity contribution in [2.24, 2.45) is 0 Å². The first-order valence-electron chi connectivity index (χ1n) is 5.11. The first-order chi connectivity index (χ1) is 7.29. The second kappa shape index (κ2) is 4.32. The minimum atomic E-state index is 0.0775. The molecule has 2 aromatic rings. The monoisotopic (exact) mass is 201 g/mol. The molecular formula is C13H15NO. The normalized spacial score (nSPS) is 10.5. The number of rotatable bonds is 3. The highest BCUT2D eigenvalue weighted by Gasteiger charge is 2.03. The summed E-state index contributed by atoms with van der Waals surface area (Å²) in [6.45, 7) is 2.17. The van der Waals surface area contributed by atoms with Crippen LogP contribution in [0.3, 0.4) is 0 Å². The number of H-pyrrole nitrogens is 1. The molecule has 1 aromatic heterocycles. The molecule has 2 rings (SSSR count). The Labute approximate surface area is 89.6 Å². The van der Waals surface area contributed by atoms with Gasteiger partial charge in [0.1, 0.15) is 0 Å². The molecule has 1 aromatic carbocycles. The van der Waals surface area contributed by atoms with E-state index in [9.17, 15) is 0 Å². The van der Waals surface area contributed by atoms with Crippen LogP contribution in [0, 0.1) is 6.92 Å². The quantitative estimate of drug-likeness (QED) is 0.786. The number of hydrogen-bond donors (Lipinski definition) is 2. The van der Waals surface area contributed by atoms with Crippen LogP contribution in [0.25, 0.3) is 0 Å². The number of aliphatic hydroxyl groups excluding tert-OH is 1. The topological polar surface area (TPSA) is 36.0 Å². The lowest BCUT2D eigenvalue weighted by molar-refractivity contribution is 0.276. The maximum Gasteiger partial charge on any atom is 0.0833 e. The Balaban J connectivity index is 2.22. The van der Waals surface area contributed by atoms with Crippen LogP contribution < -0.4 is 0 Å². The van der Waals surface area contributed by atoms with Gasteiger partial charge in [0.25, 0.3) is 0 Å². The summed E-state index contributed by atoms with van der Waals surface area (Å²) >= 11 is 0. The molecule has 0 aliphatic carbocycles. The Morgan fingerprint density at radius 2 is 2.13 bits per heavy atom. The molecule has 2 heteroatoms. The molecule has 0 aliphatic heterocycles. The summed E-state index contributed by atoms with van der Waals surface area (Å²) in [7, 11) is 0. The summed E-state index contributed by atoms with van der Waals surface area (Å²) in [5.74, 6) is 0. The molecule has 0 bridgehead atoms. The van der Waals surface area contributed by atoms with E-state index in [1.165, 1.54) is 16.7 Å². The van der Waals surface area contributed by atoms with Crippen LogP contribution >= 0.6 is 0 Å². The predicted molar refractivity (Wildman–Crippen MR) is 60.7 cm³/mol. The van der Waals surface area contributed by atoms with Gasteiger partial charge in [-0.1, -0.05) is 29.8 Å². The van der Waals surface area contributed by atoms with Gasteiger partial charge in [-0.2, -0.15) is 0 Å². The van der Waals surface area contributed by atoms with Gasteiger partial charge in [-0.25, -0.2) is 0 Å². The number of aromatic nitrogens is 1. The van der Waals surface area contributed by atoms with Crippen LogP contribution in [0.5, 0.6) is 0 Å². The van der Waals surface area contributed by atoms with E-state index in [-0.39, 0.29) is 6.61 Å². The van der Waals surface area contributed by atoms with E-state index in [2.05, 4.69) is 36.2 Å². The third-order valence-electron chi connectivity index (χ3n) is 2.56. The molecule has 0 unspecified atom stereocenters. The highest BCUT2D eigenvalue weighted by Crippen LogP contribution is 2.14. The van der Waals surface area contributed by atoms with Crippen LogP contribution in [0.1, 0.15) is 22.4 Å². The highest BCUT2D eigenvalue weighted by molar-refractivity contribution is 5.31. The second-order valence-electron chi connectivity index (χ2n) is 3.81. The van der Waals surface area contributed by atoms with E-state index in [1.54, 1.807) is 0 Å². The van der Waals surface area contributed by atoms with Crippen molar-refractivity contribution < 1.29 is 5.11 Å². The molecule has 78 valence electrons. The molecule has 0 fully saturated rings. The van der Waals surface area contributed by atoms with Gasteiger partial charge >= 0.3 is 0 Å². The van der Waals surface area contributed by atoms with Gasteiger partial charge in [0.05, 0.1) is 6.61 Å². The number of aromatic amines is 1. The molecule has 0 radical (unpaired) electrons. The van der Waals surface area contributed by atoms with Crippen molar-refractivity contribution in [3.05, 3.63) is 58.9 Å². The summed E-state index contributed by atoms with van der Waals surface area (Å²) < 4.78 is 0. The third kappa shape index (κ3) is 2.28. The summed E-state index contributed by atoms with van der Waals surface area (Å²) in [6, 6.07) is 10.5. The zero-order chi connectivity index (χ0) is 10.7. The highest BCUT2D eigenvalue weighted by atomic mass is 16.3. The van der Waals surface area contributed by atoms with Crippen LogP contribution in [0.2, 0.25) is 0 Å². The van der Waals surface area contributed by atoms with Gasteiger partial charge < -0.3 is 10.1 Å². The molecule has 0 amide bonds. The molecule has 2 N–H and O–H groups in total. The van der Waals surface area contributed by atoms with Gasteiger partial charge in [-0.15, -0.1) is 0 Å². The average molecular weight is 201 g/mol. The number of benzene rings is 1. The molecular weight excluding hydrogens is 186 g/mol. The number of hydrogen-bond acceptors (Lipinski definition) is 1. The summed E-state index contributed by atoms with van der Waals surface area (Å²) in [6.07, 6.45) is 2.75. The Morgan fingerprint density at radius 3 is 2.87 bits per heavy atom. The van der Waals surface area contributed by atoms with Crippen LogP contribution in [-0.2, 0) is 13.0 Å². The van der Waals surface area contributed by atoms with Crippen molar-refractivity contribution in [1.82, 2.24) is 4.98 Å². The molecule has 2 nitrogen and oxygen atoms in total. The number of nitrogens with one attached hydrogen (secondary N) is 1. The second-order valence-corrected chi connectivity index (χ2v) is 3.81. The lowest BCUT2D eigenvalue weighted by Crippen LogP contribution is -1.93. The zero-order valence-corrected chi connectivity index (χ0v) is 8.83. The van der Waals surface area contributed by atoms with Crippen LogP contribution in [0.4, 0.5) is 0 Å². The van der Waals surface area contributed by atoms with E-state index < -0.39 is 0 Å². The maximum absolute atomic E-state index is 9.11. The molecule has 0 saturated heterocycles. The fraction of sp³-hybridized carbons (Fsp3) is 0.231. The summed E-state index contributed by atoms with van der Waals surface area (Å²) in [5.41, 5.74) is 4.64. The average Bonchev–Trinajstić information content (AvgIpc) is 2.65. The standard InChI is InChI=1S/C13H15NO/c1-10-3-2-4-11(7-10)8-12-5-6-14-13(12)9-15/h2-7,14-15H,8-9H2,1H3. The lowest BCUT2D eigenvalue weighted by atomic mass is 10.0. The molecule has 1 heterocycles. The Morgan fingerprint density at radius 1 is 1.27 bits per heavy atom. The van der Waals surface area contributed by atoms with E-state index in [4.69, 9.17) is 5.11 Å². The number of aryl methyl sites for hydroxylation is 1. The molecule has 0 aliphatic rings. The maximum atomic E-state index is 9.11. The SMILES string of the molecule is Cc1cccc(Cc2cc[nH]c2CO)c1. The van der Waals surface area contributed by atoms with E-state index in [1.807, 2.05) is 12.3 Å². The van der Waals surface area contributed by atoms with Gasteiger partial charge in [0.2, 0.25) is 0 Å². The van der Waals surface area contributed by atoms with Crippen LogP contribution in [0.15, 0.2) is 36.5 Å². The van der Waals surface area contributed by atoms with Crippen LogP contribution in [-0.4, -0.2) is 10.1 Å². The van der Waals surface area contributed by atoms with E-state index in [0.29, 0.717) is 0 Å². The Kier molecular flexibility index (Phi) is 2.88. The van der Waals surface area contributed by atoms with Gasteiger partial charge in [-0.3, -0.25) is 0 Å². The van der Waals surface area contributed by atoms with Gasteiger partial charge in [0, 0.05) is 11.9 Å². The first kappa shape index (κ1) is 9.99. The van der Waals surface area contributed by atoms with E-state index >= 15 is 0 Å². The first-order valence-corrected chi connectivity index (χ1v) is 5.11. The number of aliphatic hydroxyl groups is 1. The third-order valence-corrected chi connectivity index (χ3v) is 2.56. The predicted octanol–water partition coefficient (Wildman–Crippen LogP) is 2.41. The summed E-state index contributed by atoms with van der Waals surface area (Å²) in [5, 5.41) is 9.11. The smallest absolute Gasteiger partial charge is 0.0833 e. The Bertz CT molecular complexity index is 445. The van der Waals surface area contributed by atoms with Gasteiger partial charge in [-0.05, 0) is 30.5 Å². The molecule has 0 spiro atoms. The van der Waals surface area contributed by atoms with Crippen molar-refractivity contribution in [1.29, 1.82) is 0 Å². The lowest BCUT2D eigenvalue weighted by Gasteiger charge is -2.03. The van der Waals surface area contributed by atoms with E-state index in [0.717, 1.165) is 12.1 Å². The van der Waals surface area contributed by atoms with Crippen molar-refractivity contribution in [3.8, 4) is 0 Å². The fourth-order valence-corrected chi connectivity index (χ4v) is 1.79. The zero-order valence-electron chi connectivity index (χ0n) is 8.83. The molecule has 0 saturated carbocycles. The largest absolute Gasteiger partial charge is 0.390 e. The van der Waals surface area contributed by atoms with Crippen molar-refractivity contribution in [2.45, 2.75) is 20.0 Å². The van der Waals surface area contributed by atoms with Crippen molar-refractivity contribution in [3.63, 3.8) is 0 Å². The Hall–Kier alpha value is -1.54.